The van der Waals surface area contributed by atoms with Gasteiger partial charge in [-0.25, -0.2) is 0 Å². The molecule has 0 aromatic carbocycles. The Hall–Kier alpha value is -0.180. The van der Waals surface area contributed by atoms with Crippen molar-refractivity contribution in [2.24, 2.45) is 11.0 Å². The van der Waals surface area contributed by atoms with Gasteiger partial charge < -0.3 is 5.43 Å². The van der Waals surface area contributed by atoms with E-state index in [4.69, 9.17) is 0 Å². The lowest BCUT2D eigenvalue weighted by molar-refractivity contribution is 0.569. The lowest BCUT2D eigenvalue weighted by atomic mass is 10.2. The van der Waals surface area contributed by atoms with Crippen molar-refractivity contribution in [2.45, 2.75) is 32.4 Å². The number of nitrogens with one attached hydrogen (secondary N) is 1. The van der Waals surface area contributed by atoms with Crippen molar-refractivity contribution in [3.05, 3.63) is 0 Å². The van der Waals surface area contributed by atoms with Crippen molar-refractivity contribution >= 4 is 17.5 Å². The second-order valence-corrected chi connectivity index (χ2v) is 5.07. The standard InChI is InChI=1S/C9H18N2S/c1-7(2)6-10-11-9-4-5-12-8(9)3/h7-8,10H,4-6H2,1-3H3/b11-9-. The van der Waals surface area contributed by atoms with Gasteiger partial charge in [-0.3, -0.25) is 0 Å². The van der Waals surface area contributed by atoms with Crippen molar-refractivity contribution in [1.82, 2.24) is 5.43 Å². The zero-order chi connectivity index (χ0) is 8.97. The SMILES string of the molecule is CC(C)CN/N=C1/CCSC1C. The zero-order valence-corrected chi connectivity index (χ0v) is 8.95. The van der Waals surface area contributed by atoms with Crippen molar-refractivity contribution < 1.29 is 0 Å². The van der Waals surface area contributed by atoms with E-state index in [-0.39, 0.29) is 0 Å². The molecule has 0 saturated carbocycles. The number of nitrogens with zero attached hydrogens (tertiary/aromatic N) is 1. The van der Waals surface area contributed by atoms with Crippen LogP contribution in [0.15, 0.2) is 5.10 Å². The maximum absolute atomic E-state index is 4.39. The molecule has 1 saturated heterocycles. The summed E-state index contributed by atoms with van der Waals surface area (Å²) in [5.41, 5.74) is 4.47. The minimum Gasteiger partial charge on any atom is -0.310 e. The van der Waals surface area contributed by atoms with E-state index in [9.17, 15) is 0 Å². The first-order chi connectivity index (χ1) is 5.70. The predicted molar refractivity (Wildman–Crippen MR) is 56.8 cm³/mol. The van der Waals surface area contributed by atoms with E-state index in [2.05, 4.69) is 31.3 Å². The van der Waals surface area contributed by atoms with Crippen LogP contribution in [0, 0.1) is 5.92 Å². The van der Waals surface area contributed by atoms with Gasteiger partial charge in [-0.1, -0.05) is 13.8 Å². The Morgan fingerprint density at radius 2 is 2.42 bits per heavy atom. The average Bonchev–Trinajstić information content (AvgIpc) is 2.36. The lowest BCUT2D eigenvalue weighted by Crippen LogP contribution is -2.18. The number of hydrazone groups is 1. The molecule has 1 unspecified atom stereocenters. The van der Waals surface area contributed by atoms with Gasteiger partial charge in [0.2, 0.25) is 0 Å². The molecule has 0 aromatic heterocycles. The van der Waals surface area contributed by atoms with Gasteiger partial charge in [0.1, 0.15) is 0 Å². The molecule has 1 heterocycles. The highest BCUT2D eigenvalue weighted by atomic mass is 32.2. The van der Waals surface area contributed by atoms with Gasteiger partial charge in [-0.2, -0.15) is 16.9 Å². The molecule has 3 heteroatoms. The van der Waals surface area contributed by atoms with Gasteiger partial charge in [-0.15, -0.1) is 0 Å². The Bertz CT molecular complexity index is 166. The molecule has 1 aliphatic rings. The first-order valence-electron chi connectivity index (χ1n) is 4.61. The Labute approximate surface area is 79.2 Å². The quantitative estimate of drug-likeness (QED) is 0.683. The largest absolute Gasteiger partial charge is 0.310 e. The number of thioether (sulfide) groups is 1. The molecule has 0 aliphatic carbocycles. The highest BCUT2D eigenvalue weighted by molar-refractivity contribution is 8.01. The summed E-state index contributed by atoms with van der Waals surface area (Å²) in [5, 5.41) is 5.02. The zero-order valence-electron chi connectivity index (χ0n) is 8.13. The van der Waals surface area contributed by atoms with Gasteiger partial charge in [0, 0.05) is 11.8 Å². The van der Waals surface area contributed by atoms with Crippen LogP contribution in [0.3, 0.4) is 0 Å². The molecule has 1 atom stereocenters. The van der Waals surface area contributed by atoms with Crippen LogP contribution < -0.4 is 5.43 Å². The van der Waals surface area contributed by atoms with Gasteiger partial charge >= 0.3 is 0 Å². The summed E-state index contributed by atoms with van der Waals surface area (Å²) in [6.07, 6.45) is 1.16. The first-order valence-corrected chi connectivity index (χ1v) is 5.66. The molecular weight excluding hydrogens is 168 g/mol. The third-order valence-electron chi connectivity index (χ3n) is 1.92. The number of hydrogen-bond acceptors (Lipinski definition) is 3. The maximum Gasteiger partial charge on any atom is 0.0513 e. The molecule has 1 fully saturated rings. The minimum atomic E-state index is 0.629. The fraction of sp³-hybridized carbons (Fsp3) is 0.889. The van der Waals surface area contributed by atoms with Crippen molar-refractivity contribution in [3.63, 3.8) is 0 Å². The number of hydrogen-bond donors (Lipinski definition) is 1. The molecule has 0 spiro atoms. The van der Waals surface area contributed by atoms with Crippen LogP contribution in [0.2, 0.25) is 0 Å². The Balaban J connectivity index is 2.26. The Kier molecular flexibility index (Phi) is 3.92. The van der Waals surface area contributed by atoms with Crippen LogP contribution in [0.25, 0.3) is 0 Å². The Morgan fingerprint density at radius 1 is 1.67 bits per heavy atom. The van der Waals surface area contributed by atoms with Crippen LogP contribution in [-0.4, -0.2) is 23.3 Å². The smallest absolute Gasteiger partial charge is 0.0513 e. The highest BCUT2D eigenvalue weighted by Crippen LogP contribution is 2.22. The summed E-state index contributed by atoms with van der Waals surface area (Å²) < 4.78 is 0. The van der Waals surface area contributed by atoms with Gasteiger partial charge in [0.25, 0.3) is 0 Å². The van der Waals surface area contributed by atoms with E-state index >= 15 is 0 Å². The average molecular weight is 186 g/mol. The minimum absolute atomic E-state index is 0.629. The summed E-state index contributed by atoms with van der Waals surface area (Å²) in [5.74, 6) is 1.92. The van der Waals surface area contributed by atoms with Crippen LogP contribution in [0.4, 0.5) is 0 Å². The normalized spacial score (nSPS) is 27.0. The van der Waals surface area contributed by atoms with Gasteiger partial charge in [0.05, 0.1) is 5.71 Å². The molecule has 0 amide bonds. The van der Waals surface area contributed by atoms with E-state index in [1.807, 2.05) is 11.8 Å². The van der Waals surface area contributed by atoms with Crippen LogP contribution in [-0.2, 0) is 0 Å². The monoisotopic (exact) mass is 186 g/mol. The summed E-state index contributed by atoms with van der Waals surface area (Å²) >= 11 is 1.99. The van der Waals surface area contributed by atoms with Crippen LogP contribution >= 0.6 is 11.8 Å². The third-order valence-corrected chi connectivity index (χ3v) is 3.13. The Morgan fingerprint density at radius 3 is 2.92 bits per heavy atom. The molecule has 0 radical (unpaired) electrons. The van der Waals surface area contributed by atoms with Crippen LogP contribution in [0.5, 0.6) is 0 Å². The van der Waals surface area contributed by atoms with E-state index < -0.39 is 0 Å². The van der Waals surface area contributed by atoms with Crippen molar-refractivity contribution in [2.75, 3.05) is 12.3 Å². The van der Waals surface area contributed by atoms with E-state index in [1.165, 1.54) is 11.5 Å². The molecule has 2 nitrogen and oxygen atoms in total. The van der Waals surface area contributed by atoms with Crippen molar-refractivity contribution in [3.8, 4) is 0 Å². The van der Waals surface area contributed by atoms with Crippen LogP contribution in [0.1, 0.15) is 27.2 Å². The fourth-order valence-corrected chi connectivity index (χ4v) is 2.16. The van der Waals surface area contributed by atoms with E-state index in [0.717, 1.165) is 13.0 Å². The maximum atomic E-state index is 4.39. The summed E-state index contributed by atoms with van der Waals surface area (Å²) in [6.45, 7) is 7.61. The third kappa shape index (κ3) is 3.05. The van der Waals surface area contributed by atoms with Crippen molar-refractivity contribution in [1.29, 1.82) is 0 Å². The van der Waals surface area contributed by atoms with Gasteiger partial charge in [0.15, 0.2) is 0 Å². The lowest BCUT2D eigenvalue weighted by Gasteiger charge is -2.06. The molecule has 1 N–H and O–H groups in total. The first kappa shape index (κ1) is 9.90. The fourth-order valence-electron chi connectivity index (χ4n) is 1.12. The molecule has 1 aliphatic heterocycles. The molecule has 0 bridgehead atoms. The van der Waals surface area contributed by atoms with E-state index in [1.54, 1.807) is 0 Å². The summed E-state index contributed by atoms with van der Waals surface area (Å²) in [7, 11) is 0. The number of rotatable bonds is 3. The highest BCUT2D eigenvalue weighted by Gasteiger charge is 2.17. The molecule has 12 heavy (non-hydrogen) atoms. The molecule has 0 aromatic rings. The second kappa shape index (κ2) is 4.75. The van der Waals surface area contributed by atoms with E-state index in [0.29, 0.717) is 11.2 Å². The molecule has 70 valence electrons. The molecular formula is C9H18N2S. The summed E-state index contributed by atoms with van der Waals surface area (Å²) in [4.78, 5) is 0. The topological polar surface area (TPSA) is 24.4 Å². The summed E-state index contributed by atoms with van der Waals surface area (Å²) in [6, 6.07) is 0. The molecule has 1 rings (SSSR count). The predicted octanol–water partition coefficient (Wildman–Crippen LogP) is 2.11. The van der Waals surface area contributed by atoms with Gasteiger partial charge in [-0.05, 0) is 25.0 Å². The second-order valence-electron chi connectivity index (χ2n) is 3.62.